The maximum absolute atomic E-state index is 12.9. The van der Waals surface area contributed by atoms with E-state index in [9.17, 15) is 20.1 Å². The van der Waals surface area contributed by atoms with Gasteiger partial charge < -0.3 is 25.2 Å². The Hall–Kier alpha value is -3.51. The van der Waals surface area contributed by atoms with E-state index >= 15 is 0 Å². The van der Waals surface area contributed by atoms with Gasteiger partial charge in [-0.3, -0.25) is 4.79 Å². The first-order valence-corrected chi connectivity index (χ1v) is 10.2. The molecule has 0 aromatic heterocycles. The molecule has 4 N–H and O–H groups in total. The third-order valence-electron chi connectivity index (χ3n) is 5.68. The summed E-state index contributed by atoms with van der Waals surface area (Å²) in [7, 11) is 0. The van der Waals surface area contributed by atoms with E-state index < -0.39 is 0 Å². The highest BCUT2D eigenvalue weighted by molar-refractivity contribution is 6.02. The number of carbonyl (C=O) groups excluding carboxylic acids is 1. The average Bonchev–Trinajstić information content (AvgIpc) is 2.77. The van der Waals surface area contributed by atoms with Gasteiger partial charge >= 0.3 is 0 Å². The highest BCUT2D eigenvalue weighted by atomic mass is 16.5. The molecular formula is C25H24O6. The number of phenols is 3. The molecule has 1 unspecified atom stereocenters. The van der Waals surface area contributed by atoms with Crippen LogP contribution in [0.4, 0.5) is 0 Å². The van der Waals surface area contributed by atoms with Gasteiger partial charge in [-0.05, 0) is 71.3 Å². The van der Waals surface area contributed by atoms with Gasteiger partial charge in [-0.15, -0.1) is 0 Å². The first-order valence-electron chi connectivity index (χ1n) is 10.2. The number of ether oxygens (including phenoxy) is 1. The van der Waals surface area contributed by atoms with Crippen molar-refractivity contribution in [2.45, 2.75) is 25.2 Å². The number of phenolic OH excluding ortho intramolecular Hbond substituents is 3. The molecule has 0 amide bonds. The van der Waals surface area contributed by atoms with Crippen LogP contribution in [0, 0.1) is 0 Å². The predicted molar refractivity (Wildman–Crippen MR) is 115 cm³/mol. The van der Waals surface area contributed by atoms with Crippen LogP contribution in [0.15, 0.2) is 54.6 Å². The zero-order chi connectivity index (χ0) is 22.0. The quantitative estimate of drug-likeness (QED) is 0.453. The van der Waals surface area contributed by atoms with E-state index in [1.165, 1.54) is 6.07 Å². The Morgan fingerprint density at radius 1 is 0.935 bits per heavy atom. The molecule has 1 atom stereocenters. The number of carbonyl (C=O) groups is 1. The summed E-state index contributed by atoms with van der Waals surface area (Å²) in [5.74, 6) is -0.120. The van der Waals surface area contributed by atoms with Crippen LogP contribution in [0.3, 0.4) is 0 Å². The summed E-state index contributed by atoms with van der Waals surface area (Å²) in [6, 6.07) is 15.7. The van der Waals surface area contributed by atoms with Gasteiger partial charge in [0, 0.05) is 6.42 Å². The zero-order valence-corrected chi connectivity index (χ0v) is 16.9. The van der Waals surface area contributed by atoms with Crippen molar-refractivity contribution in [2.75, 3.05) is 13.2 Å². The molecule has 0 saturated carbocycles. The molecule has 6 heteroatoms. The smallest absolute Gasteiger partial charge is 0.168 e. The van der Waals surface area contributed by atoms with E-state index in [-0.39, 0.29) is 54.1 Å². The molecular weight excluding hydrogens is 396 g/mol. The van der Waals surface area contributed by atoms with Crippen LogP contribution in [0.1, 0.15) is 45.0 Å². The van der Waals surface area contributed by atoms with Gasteiger partial charge in [0.25, 0.3) is 0 Å². The van der Waals surface area contributed by atoms with Crippen LogP contribution in [-0.4, -0.2) is 39.4 Å². The molecule has 6 nitrogen and oxygen atoms in total. The zero-order valence-electron chi connectivity index (χ0n) is 16.9. The number of benzene rings is 3. The second-order valence-corrected chi connectivity index (χ2v) is 7.77. The summed E-state index contributed by atoms with van der Waals surface area (Å²) in [6.45, 7) is 0.163. The maximum Gasteiger partial charge on any atom is 0.168 e. The lowest BCUT2D eigenvalue weighted by Crippen LogP contribution is -2.20. The van der Waals surface area contributed by atoms with E-state index in [2.05, 4.69) is 0 Å². The van der Waals surface area contributed by atoms with E-state index in [1.807, 2.05) is 36.4 Å². The molecule has 0 radical (unpaired) electrons. The lowest BCUT2D eigenvalue weighted by molar-refractivity contribution is 0.0960. The van der Waals surface area contributed by atoms with Crippen LogP contribution in [0.2, 0.25) is 0 Å². The van der Waals surface area contributed by atoms with Crippen molar-refractivity contribution in [1.82, 2.24) is 0 Å². The minimum absolute atomic E-state index is 0.0586. The maximum atomic E-state index is 12.9. The Morgan fingerprint density at radius 2 is 1.65 bits per heavy atom. The Morgan fingerprint density at radius 3 is 2.32 bits per heavy atom. The molecule has 4 rings (SSSR count). The van der Waals surface area contributed by atoms with Gasteiger partial charge in [0.15, 0.2) is 17.3 Å². The molecule has 0 saturated heterocycles. The number of Topliss-reactive ketones (excluding diaryl/α,β-unsaturated/α-hetero) is 1. The minimum Gasteiger partial charge on any atom is -0.508 e. The molecule has 31 heavy (non-hydrogen) atoms. The van der Waals surface area contributed by atoms with Gasteiger partial charge in [-0.1, -0.05) is 24.3 Å². The Labute approximate surface area is 180 Å². The monoisotopic (exact) mass is 420 g/mol. The highest BCUT2D eigenvalue weighted by Crippen LogP contribution is 2.43. The molecule has 0 heterocycles. The predicted octanol–water partition coefficient (Wildman–Crippen LogP) is 3.68. The van der Waals surface area contributed by atoms with Crippen molar-refractivity contribution in [3.05, 3.63) is 82.4 Å². The fourth-order valence-corrected chi connectivity index (χ4v) is 4.16. The van der Waals surface area contributed by atoms with E-state index in [4.69, 9.17) is 9.84 Å². The van der Waals surface area contributed by atoms with Crippen molar-refractivity contribution in [3.63, 3.8) is 0 Å². The molecule has 1 aliphatic carbocycles. The van der Waals surface area contributed by atoms with E-state index in [0.29, 0.717) is 18.6 Å². The van der Waals surface area contributed by atoms with Crippen molar-refractivity contribution in [3.8, 4) is 23.0 Å². The lowest BCUT2D eigenvalue weighted by Gasteiger charge is -2.27. The van der Waals surface area contributed by atoms with Crippen LogP contribution < -0.4 is 4.74 Å². The molecule has 3 aromatic carbocycles. The molecule has 1 aliphatic rings. The second kappa shape index (κ2) is 8.70. The van der Waals surface area contributed by atoms with Crippen molar-refractivity contribution in [1.29, 1.82) is 0 Å². The summed E-state index contributed by atoms with van der Waals surface area (Å²) in [6.07, 6.45) is 1.25. The normalized spacial score (nSPS) is 15.5. The fourth-order valence-electron chi connectivity index (χ4n) is 4.16. The highest BCUT2D eigenvalue weighted by Gasteiger charge is 2.32. The topological polar surface area (TPSA) is 107 Å². The van der Waals surface area contributed by atoms with Gasteiger partial charge in [0.2, 0.25) is 0 Å². The fraction of sp³-hybridized carbons (Fsp3) is 0.240. The number of hydrogen-bond donors (Lipinski definition) is 4. The van der Waals surface area contributed by atoms with Gasteiger partial charge in [0.1, 0.15) is 18.1 Å². The van der Waals surface area contributed by atoms with Crippen molar-refractivity contribution in [2.24, 2.45) is 0 Å². The largest absolute Gasteiger partial charge is 0.508 e. The van der Waals surface area contributed by atoms with Gasteiger partial charge in [-0.25, -0.2) is 0 Å². The van der Waals surface area contributed by atoms with E-state index in [0.717, 1.165) is 22.3 Å². The van der Waals surface area contributed by atoms with Crippen LogP contribution in [0.25, 0.3) is 0 Å². The SMILES string of the molecule is O=C1CC(c2ccc(O)cc2)Cc2c(Cc3ccc(OCCO)cc3)cc(O)c(O)c21. The first-order chi connectivity index (χ1) is 15.0. The van der Waals surface area contributed by atoms with Crippen molar-refractivity contribution < 1.29 is 30.0 Å². The van der Waals surface area contributed by atoms with Crippen molar-refractivity contribution >= 4 is 5.78 Å². The number of fused-ring (bicyclic) bond motifs is 1. The second-order valence-electron chi connectivity index (χ2n) is 7.77. The molecule has 160 valence electrons. The number of rotatable bonds is 6. The number of aromatic hydroxyl groups is 3. The first kappa shape index (κ1) is 20.8. The molecule has 3 aromatic rings. The summed E-state index contributed by atoms with van der Waals surface area (Å²) in [4.78, 5) is 12.9. The van der Waals surface area contributed by atoms with Crippen LogP contribution in [-0.2, 0) is 12.8 Å². The number of ketones is 1. The molecule has 0 aliphatic heterocycles. The number of hydrogen-bond acceptors (Lipinski definition) is 6. The Kier molecular flexibility index (Phi) is 5.82. The third-order valence-corrected chi connectivity index (χ3v) is 5.68. The van der Waals surface area contributed by atoms with E-state index in [1.54, 1.807) is 12.1 Å². The Bertz CT molecular complexity index is 1090. The van der Waals surface area contributed by atoms with Gasteiger partial charge in [0.05, 0.1) is 12.2 Å². The molecule has 0 fully saturated rings. The lowest BCUT2D eigenvalue weighted by atomic mass is 9.76. The molecule has 0 spiro atoms. The summed E-state index contributed by atoms with van der Waals surface area (Å²) in [5, 5.41) is 39.0. The standard InChI is InChI=1S/C25H24O6/c26-9-10-31-20-7-1-15(2-8-20)11-18-14-23(29)25(30)24-21(18)12-17(13-22(24)28)16-3-5-19(27)6-4-16/h1-8,14,17,26-27,29-30H,9-13H2. The average molecular weight is 420 g/mol. The van der Waals surface area contributed by atoms with Crippen LogP contribution >= 0.6 is 0 Å². The molecule has 0 bridgehead atoms. The summed E-state index contributed by atoms with van der Waals surface area (Å²) >= 11 is 0. The Balaban J connectivity index is 1.67. The van der Waals surface area contributed by atoms with Gasteiger partial charge in [-0.2, -0.15) is 0 Å². The minimum atomic E-state index is -0.361. The summed E-state index contributed by atoms with van der Waals surface area (Å²) < 4.78 is 5.39. The summed E-state index contributed by atoms with van der Waals surface area (Å²) in [5.41, 5.74) is 3.63. The van der Waals surface area contributed by atoms with Crippen LogP contribution in [0.5, 0.6) is 23.0 Å². The number of aliphatic hydroxyl groups excluding tert-OH is 1. The third kappa shape index (κ3) is 4.34. The number of aliphatic hydroxyl groups is 1.